The van der Waals surface area contributed by atoms with Crippen molar-refractivity contribution in [3.8, 4) is 0 Å². The Morgan fingerprint density at radius 1 is 1.33 bits per heavy atom. The summed E-state index contributed by atoms with van der Waals surface area (Å²) in [5.74, 6) is 1.03. The predicted octanol–water partition coefficient (Wildman–Crippen LogP) is 2.63. The number of aryl methyl sites for hydroxylation is 2. The highest BCUT2D eigenvalue weighted by Crippen LogP contribution is 2.28. The van der Waals surface area contributed by atoms with Crippen LogP contribution in [0.2, 0.25) is 0 Å². The molecule has 0 bridgehead atoms. The second-order valence-electron chi connectivity index (χ2n) is 4.86. The molecule has 2 N–H and O–H groups in total. The first-order chi connectivity index (χ1) is 8.83. The predicted molar refractivity (Wildman–Crippen MR) is 78.4 cm³/mol. The molecule has 0 aromatic heterocycles. The van der Waals surface area contributed by atoms with E-state index in [1.54, 1.807) is 5.56 Å². The Labute approximate surface area is 114 Å². The first-order valence-electron chi connectivity index (χ1n) is 6.92. The van der Waals surface area contributed by atoms with Crippen molar-refractivity contribution in [2.75, 3.05) is 18.9 Å². The standard InChI is InChI=1S/C15H23NOS/c1-2-16-14(8-9-17)11-18-15-7-6-12-4-3-5-13(12)10-15/h6-7,10,14,16-17H,2-5,8-9,11H2,1H3. The van der Waals surface area contributed by atoms with Gasteiger partial charge in [-0.05, 0) is 55.5 Å². The average molecular weight is 265 g/mol. The van der Waals surface area contributed by atoms with Crippen LogP contribution in [0.5, 0.6) is 0 Å². The van der Waals surface area contributed by atoms with E-state index in [0.717, 1.165) is 18.7 Å². The molecule has 1 aromatic rings. The molecule has 0 radical (unpaired) electrons. The van der Waals surface area contributed by atoms with E-state index < -0.39 is 0 Å². The van der Waals surface area contributed by atoms with Crippen LogP contribution in [-0.4, -0.2) is 30.1 Å². The minimum atomic E-state index is 0.266. The maximum absolute atomic E-state index is 9.04. The fourth-order valence-electron chi connectivity index (χ4n) is 2.52. The number of aliphatic hydroxyl groups is 1. The van der Waals surface area contributed by atoms with Gasteiger partial charge >= 0.3 is 0 Å². The van der Waals surface area contributed by atoms with Crippen LogP contribution < -0.4 is 5.32 Å². The molecule has 0 saturated carbocycles. The van der Waals surface area contributed by atoms with Gasteiger partial charge in [-0.2, -0.15) is 0 Å². The molecule has 1 aliphatic carbocycles. The van der Waals surface area contributed by atoms with Crippen molar-refractivity contribution < 1.29 is 5.11 Å². The topological polar surface area (TPSA) is 32.3 Å². The van der Waals surface area contributed by atoms with Gasteiger partial charge in [0, 0.05) is 23.3 Å². The Morgan fingerprint density at radius 2 is 2.17 bits per heavy atom. The Hall–Kier alpha value is -0.510. The van der Waals surface area contributed by atoms with Gasteiger partial charge in [-0.1, -0.05) is 13.0 Å². The van der Waals surface area contributed by atoms with E-state index in [9.17, 15) is 0 Å². The zero-order chi connectivity index (χ0) is 12.8. The van der Waals surface area contributed by atoms with Crippen molar-refractivity contribution in [1.82, 2.24) is 5.32 Å². The molecule has 0 amide bonds. The zero-order valence-electron chi connectivity index (χ0n) is 11.1. The van der Waals surface area contributed by atoms with Crippen LogP contribution in [0.15, 0.2) is 23.1 Å². The maximum Gasteiger partial charge on any atom is 0.0446 e. The smallest absolute Gasteiger partial charge is 0.0446 e. The van der Waals surface area contributed by atoms with Crippen LogP contribution in [0, 0.1) is 0 Å². The van der Waals surface area contributed by atoms with Crippen molar-refractivity contribution in [3.05, 3.63) is 29.3 Å². The summed E-state index contributed by atoms with van der Waals surface area (Å²) in [6.07, 6.45) is 4.65. The van der Waals surface area contributed by atoms with E-state index in [1.165, 1.54) is 29.7 Å². The quantitative estimate of drug-likeness (QED) is 0.743. The number of benzene rings is 1. The molecule has 2 nitrogen and oxygen atoms in total. The Bertz CT molecular complexity index is 375. The van der Waals surface area contributed by atoms with Crippen LogP contribution in [0.1, 0.15) is 30.9 Å². The molecular formula is C15H23NOS. The summed E-state index contributed by atoms with van der Waals surface area (Å²) in [7, 11) is 0. The summed E-state index contributed by atoms with van der Waals surface area (Å²) in [6, 6.07) is 7.31. The van der Waals surface area contributed by atoms with E-state index >= 15 is 0 Å². The van der Waals surface area contributed by atoms with Gasteiger partial charge in [0.25, 0.3) is 0 Å². The fraction of sp³-hybridized carbons (Fsp3) is 0.600. The first-order valence-corrected chi connectivity index (χ1v) is 7.91. The molecule has 3 heteroatoms. The van der Waals surface area contributed by atoms with Crippen molar-refractivity contribution in [2.24, 2.45) is 0 Å². The van der Waals surface area contributed by atoms with Crippen molar-refractivity contribution >= 4 is 11.8 Å². The average Bonchev–Trinajstić information content (AvgIpc) is 2.84. The molecule has 1 aromatic carbocycles. The van der Waals surface area contributed by atoms with Crippen LogP contribution in [0.25, 0.3) is 0 Å². The van der Waals surface area contributed by atoms with Gasteiger partial charge in [0.1, 0.15) is 0 Å². The van der Waals surface area contributed by atoms with Crippen LogP contribution >= 0.6 is 11.8 Å². The third kappa shape index (κ3) is 3.74. The van der Waals surface area contributed by atoms with E-state index in [1.807, 2.05) is 11.8 Å². The second kappa shape index (κ2) is 7.17. The summed E-state index contributed by atoms with van der Waals surface area (Å²) in [4.78, 5) is 1.37. The van der Waals surface area contributed by atoms with Gasteiger partial charge in [-0.15, -0.1) is 11.8 Å². The molecule has 0 aliphatic heterocycles. The van der Waals surface area contributed by atoms with Gasteiger partial charge in [0.05, 0.1) is 0 Å². The molecule has 0 saturated heterocycles. The molecule has 0 fully saturated rings. The summed E-state index contributed by atoms with van der Waals surface area (Å²) in [5, 5.41) is 12.5. The van der Waals surface area contributed by atoms with Crippen LogP contribution in [-0.2, 0) is 12.8 Å². The zero-order valence-corrected chi connectivity index (χ0v) is 11.9. The highest BCUT2D eigenvalue weighted by atomic mass is 32.2. The molecule has 18 heavy (non-hydrogen) atoms. The largest absolute Gasteiger partial charge is 0.396 e. The summed E-state index contributed by atoms with van der Waals surface area (Å²) in [6.45, 7) is 3.35. The van der Waals surface area contributed by atoms with Gasteiger partial charge < -0.3 is 10.4 Å². The van der Waals surface area contributed by atoms with Gasteiger partial charge in [-0.25, -0.2) is 0 Å². The highest BCUT2D eigenvalue weighted by molar-refractivity contribution is 7.99. The first kappa shape index (κ1) is 13.9. The van der Waals surface area contributed by atoms with Crippen molar-refractivity contribution in [1.29, 1.82) is 0 Å². The molecule has 0 spiro atoms. The number of hydrogen-bond acceptors (Lipinski definition) is 3. The van der Waals surface area contributed by atoms with E-state index in [0.29, 0.717) is 6.04 Å². The molecule has 100 valence electrons. The number of nitrogens with one attached hydrogen (secondary N) is 1. The van der Waals surface area contributed by atoms with Crippen LogP contribution in [0.4, 0.5) is 0 Å². The monoisotopic (exact) mass is 265 g/mol. The molecule has 1 unspecified atom stereocenters. The minimum absolute atomic E-state index is 0.266. The molecule has 0 heterocycles. The number of hydrogen-bond donors (Lipinski definition) is 2. The lowest BCUT2D eigenvalue weighted by Gasteiger charge is -2.16. The fourth-order valence-corrected chi connectivity index (χ4v) is 3.59. The molecule has 1 atom stereocenters. The SMILES string of the molecule is CCNC(CCO)CSc1ccc2c(c1)CCC2. The summed E-state index contributed by atoms with van der Waals surface area (Å²) < 4.78 is 0. The number of fused-ring (bicyclic) bond motifs is 1. The Kier molecular flexibility index (Phi) is 5.54. The molecule has 1 aliphatic rings. The van der Waals surface area contributed by atoms with E-state index in [2.05, 4.69) is 30.4 Å². The maximum atomic E-state index is 9.04. The summed E-state index contributed by atoms with van der Waals surface area (Å²) in [5.41, 5.74) is 3.08. The van der Waals surface area contributed by atoms with Gasteiger partial charge in [0.15, 0.2) is 0 Å². The Balaban J connectivity index is 1.88. The lowest BCUT2D eigenvalue weighted by molar-refractivity contribution is 0.271. The van der Waals surface area contributed by atoms with Crippen molar-refractivity contribution in [2.45, 2.75) is 43.5 Å². The molecule has 2 rings (SSSR count). The Morgan fingerprint density at radius 3 is 2.94 bits per heavy atom. The minimum Gasteiger partial charge on any atom is -0.396 e. The van der Waals surface area contributed by atoms with Gasteiger partial charge in [-0.3, -0.25) is 0 Å². The third-order valence-electron chi connectivity index (χ3n) is 3.49. The summed E-state index contributed by atoms with van der Waals surface area (Å²) >= 11 is 1.90. The van der Waals surface area contributed by atoms with E-state index in [-0.39, 0.29) is 6.61 Å². The normalized spacial score (nSPS) is 15.7. The third-order valence-corrected chi connectivity index (χ3v) is 4.65. The van der Waals surface area contributed by atoms with Crippen molar-refractivity contribution in [3.63, 3.8) is 0 Å². The number of thioether (sulfide) groups is 1. The lowest BCUT2D eigenvalue weighted by Crippen LogP contribution is -2.32. The van der Waals surface area contributed by atoms with Crippen LogP contribution in [0.3, 0.4) is 0 Å². The lowest BCUT2D eigenvalue weighted by atomic mass is 10.1. The second-order valence-corrected chi connectivity index (χ2v) is 5.96. The van der Waals surface area contributed by atoms with E-state index in [4.69, 9.17) is 5.11 Å². The molecular weight excluding hydrogens is 242 g/mol. The van der Waals surface area contributed by atoms with Gasteiger partial charge in [0.2, 0.25) is 0 Å². The number of rotatable bonds is 7. The highest BCUT2D eigenvalue weighted by Gasteiger charge is 2.12. The number of aliphatic hydroxyl groups excluding tert-OH is 1.